The van der Waals surface area contributed by atoms with E-state index < -0.39 is 0 Å². The number of pyridine rings is 2. The van der Waals surface area contributed by atoms with Crippen molar-refractivity contribution >= 4 is 43.6 Å². The molecule has 4 heterocycles. The summed E-state index contributed by atoms with van der Waals surface area (Å²) in [7, 11) is 4.32. The molecule has 50 heavy (non-hydrogen) atoms. The molecular formula is C44H44N6. The van der Waals surface area contributed by atoms with Crippen LogP contribution < -0.4 is 5.73 Å². The molecule has 0 aliphatic carbocycles. The van der Waals surface area contributed by atoms with Gasteiger partial charge < -0.3 is 14.9 Å². The van der Waals surface area contributed by atoms with E-state index in [0.717, 1.165) is 85.8 Å². The van der Waals surface area contributed by atoms with Gasteiger partial charge in [0.15, 0.2) is 0 Å². The molecule has 0 fully saturated rings. The van der Waals surface area contributed by atoms with E-state index in [1.807, 2.05) is 0 Å². The summed E-state index contributed by atoms with van der Waals surface area (Å²) in [6, 6.07) is 43.3. The second kappa shape index (κ2) is 13.9. The maximum Gasteiger partial charge on any atom is 0.0949 e. The van der Waals surface area contributed by atoms with E-state index in [0.29, 0.717) is 0 Å². The number of nitrogens with zero attached hydrogens (tertiary/aromatic N) is 5. The number of hydrogen-bond acceptors (Lipinski definition) is 4. The van der Waals surface area contributed by atoms with Gasteiger partial charge in [-0.15, -0.1) is 0 Å². The molecule has 6 nitrogen and oxygen atoms in total. The van der Waals surface area contributed by atoms with Crippen molar-refractivity contribution < 1.29 is 0 Å². The Hall–Kier alpha value is -5.30. The number of rotatable bonds is 12. The third-order valence-corrected chi connectivity index (χ3v) is 10.2. The predicted molar refractivity (Wildman–Crippen MR) is 209 cm³/mol. The molecule has 0 spiro atoms. The zero-order valence-corrected chi connectivity index (χ0v) is 29.0. The van der Waals surface area contributed by atoms with Gasteiger partial charge in [-0.25, -0.2) is 9.97 Å². The SMILES string of the molecule is Cn1c2ccccc2c2cc(CN(CCCCCCN)Cc3cc4c5ccccc5n(C)c4c(-c4ccccc4)n3)nc(-c3ccccc3)c21. The quantitative estimate of drug-likeness (QED) is 0.133. The van der Waals surface area contributed by atoms with E-state index in [4.69, 9.17) is 15.7 Å². The molecule has 0 unspecified atom stereocenters. The van der Waals surface area contributed by atoms with E-state index in [1.165, 1.54) is 43.6 Å². The molecule has 8 rings (SSSR count). The average molecular weight is 657 g/mol. The molecule has 6 heteroatoms. The van der Waals surface area contributed by atoms with Gasteiger partial charge in [0.2, 0.25) is 0 Å². The van der Waals surface area contributed by atoms with Gasteiger partial charge in [-0.2, -0.15) is 0 Å². The normalized spacial score (nSPS) is 11.9. The zero-order chi connectivity index (χ0) is 34.0. The van der Waals surface area contributed by atoms with Crippen LogP contribution >= 0.6 is 0 Å². The first-order valence-corrected chi connectivity index (χ1v) is 17.9. The molecule has 8 aromatic rings. The number of nitrogens with two attached hydrogens (primary N) is 1. The number of benzene rings is 4. The Balaban J connectivity index is 1.24. The van der Waals surface area contributed by atoms with Gasteiger partial charge in [-0.3, -0.25) is 4.90 Å². The number of fused-ring (bicyclic) bond motifs is 6. The molecule has 0 atom stereocenters. The topological polar surface area (TPSA) is 64.9 Å². The average Bonchev–Trinajstić information content (AvgIpc) is 3.61. The highest BCUT2D eigenvalue weighted by Gasteiger charge is 2.20. The highest BCUT2D eigenvalue weighted by molar-refractivity contribution is 6.13. The highest BCUT2D eigenvalue weighted by atomic mass is 15.1. The Bertz CT molecular complexity index is 2260. The summed E-state index contributed by atoms with van der Waals surface area (Å²) in [5, 5.41) is 5.01. The van der Waals surface area contributed by atoms with E-state index in [1.54, 1.807) is 0 Å². The fraction of sp³-hybridized carbons (Fsp3) is 0.227. The summed E-state index contributed by atoms with van der Waals surface area (Å²) in [5.41, 5.74) is 17.1. The second-order valence-corrected chi connectivity index (χ2v) is 13.5. The Morgan fingerprint density at radius 3 is 1.44 bits per heavy atom. The minimum absolute atomic E-state index is 0.728. The number of para-hydroxylation sites is 2. The summed E-state index contributed by atoms with van der Waals surface area (Å²) >= 11 is 0. The van der Waals surface area contributed by atoms with E-state index >= 15 is 0 Å². The fourth-order valence-corrected chi connectivity index (χ4v) is 7.76. The van der Waals surface area contributed by atoms with Crippen LogP contribution in [0.4, 0.5) is 0 Å². The van der Waals surface area contributed by atoms with Gasteiger partial charge in [0.05, 0.1) is 33.8 Å². The first kappa shape index (κ1) is 31.9. The van der Waals surface area contributed by atoms with Crippen molar-refractivity contribution in [2.75, 3.05) is 13.1 Å². The minimum Gasteiger partial charge on any atom is -0.342 e. The van der Waals surface area contributed by atoms with Crippen LogP contribution in [0.1, 0.15) is 37.1 Å². The van der Waals surface area contributed by atoms with Crippen LogP contribution in [0.2, 0.25) is 0 Å². The van der Waals surface area contributed by atoms with Gasteiger partial charge >= 0.3 is 0 Å². The van der Waals surface area contributed by atoms with Gasteiger partial charge in [-0.05, 0) is 50.2 Å². The minimum atomic E-state index is 0.728. The number of aryl methyl sites for hydroxylation is 2. The van der Waals surface area contributed by atoms with Crippen molar-refractivity contribution in [3.05, 3.63) is 133 Å². The van der Waals surface area contributed by atoms with Crippen LogP contribution in [-0.4, -0.2) is 37.1 Å². The summed E-state index contributed by atoms with van der Waals surface area (Å²) in [6.45, 7) is 3.16. The van der Waals surface area contributed by atoms with Crippen LogP contribution in [0.5, 0.6) is 0 Å². The molecule has 4 aromatic heterocycles. The van der Waals surface area contributed by atoms with Gasteiger partial charge in [-0.1, -0.05) is 110 Å². The second-order valence-electron chi connectivity index (χ2n) is 13.5. The number of unbranched alkanes of at least 4 members (excludes halogenated alkanes) is 3. The lowest BCUT2D eigenvalue weighted by molar-refractivity contribution is 0.245. The standard InChI is InChI=1S/C44H44N6/c1-48-39-23-13-11-21-35(39)37-27-33(46-41(43(37)48)31-17-7-5-8-18-31)29-50(26-16-4-3-15-25-45)30-34-28-38-36-22-12-14-24-40(36)49(2)44(38)42(47-34)32-19-9-6-10-20-32/h5-14,17-24,27-28H,3-4,15-16,25-26,29-30,45H2,1-2H3. The molecular weight excluding hydrogens is 613 g/mol. The maximum absolute atomic E-state index is 5.84. The van der Waals surface area contributed by atoms with Crippen molar-refractivity contribution in [2.45, 2.75) is 38.8 Å². The zero-order valence-electron chi connectivity index (χ0n) is 29.0. The summed E-state index contributed by atoms with van der Waals surface area (Å²) in [5.74, 6) is 0. The Kier molecular flexibility index (Phi) is 8.88. The number of hydrogen-bond donors (Lipinski definition) is 1. The van der Waals surface area contributed by atoms with Crippen LogP contribution in [0.15, 0.2) is 121 Å². The molecule has 250 valence electrons. The van der Waals surface area contributed by atoms with Gasteiger partial charge in [0.25, 0.3) is 0 Å². The van der Waals surface area contributed by atoms with Crippen molar-refractivity contribution in [3.8, 4) is 22.5 Å². The van der Waals surface area contributed by atoms with Crippen molar-refractivity contribution in [1.29, 1.82) is 0 Å². The van der Waals surface area contributed by atoms with Crippen LogP contribution in [0.25, 0.3) is 66.1 Å². The monoisotopic (exact) mass is 656 g/mol. The molecule has 0 amide bonds. The Morgan fingerprint density at radius 1 is 0.520 bits per heavy atom. The first-order valence-electron chi connectivity index (χ1n) is 17.9. The lowest BCUT2D eigenvalue weighted by atomic mass is 10.1. The van der Waals surface area contributed by atoms with Crippen molar-refractivity contribution in [1.82, 2.24) is 24.0 Å². The summed E-state index contributed by atoms with van der Waals surface area (Å²) in [4.78, 5) is 13.4. The molecule has 0 saturated heterocycles. The van der Waals surface area contributed by atoms with E-state index in [-0.39, 0.29) is 0 Å². The Morgan fingerprint density at radius 2 is 0.960 bits per heavy atom. The third kappa shape index (κ3) is 5.95. The fourth-order valence-electron chi connectivity index (χ4n) is 7.76. The van der Waals surface area contributed by atoms with E-state index in [9.17, 15) is 0 Å². The third-order valence-electron chi connectivity index (χ3n) is 10.2. The molecule has 0 bridgehead atoms. The smallest absolute Gasteiger partial charge is 0.0949 e. The highest BCUT2D eigenvalue weighted by Crippen LogP contribution is 2.37. The molecule has 0 aliphatic heterocycles. The first-order chi connectivity index (χ1) is 24.6. The lowest BCUT2D eigenvalue weighted by Gasteiger charge is -2.23. The maximum atomic E-state index is 5.84. The van der Waals surface area contributed by atoms with E-state index in [2.05, 4.69) is 149 Å². The Labute approximate surface area is 293 Å². The molecule has 0 radical (unpaired) electrons. The van der Waals surface area contributed by atoms with Gasteiger partial charge in [0.1, 0.15) is 0 Å². The van der Waals surface area contributed by atoms with Crippen LogP contribution in [0, 0.1) is 0 Å². The number of aromatic nitrogens is 4. The van der Waals surface area contributed by atoms with Gasteiger partial charge in [0, 0.05) is 70.9 Å². The molecule has 0 aliphatic rings. The van der Waals surface area contributed by atoms with Crippen molar-refractivity contribution in [3.63, 3.8) is 0 Å². The van der Waals surface area contributed by atoms with Crippen molar-refractivity contribution in [2.24, 2.45) is 19.8 Å². The molecule has 4 aromatic carbocycles. The summed E-state index contributed by atoms with van der Waals surface area (Å²) in [6.07, 6.45) is 4.48. The lowest BCUT2D eigenvalue weighted by Crippen LogP contribution is -2.25. The van der Waals surface area contributed by atoms with Crippen LogP contribution in [0.3, 0.4) is 0 Å². The molecule has 0 saturated carbocycles. The predicted octanol–water partition coefficient (Wildman–Crippen LogP) is 9.62. The molecule has 2 N–H and O–H groups in total. The largest absolute Gasteiger partial charge is 0.342 e. The summed E-state index contributed by atoms with van der Waals surface area (Å²) < 4.78 is 4.60. The van der Waals surface area contributed by atoms with Crippen LogP contribution in [-0.2, 0) is 27.2 Å².